The molecule has 1 fully saturated rings. The molecule has 1 aliphatic rings. The van der Waals surface area contributed by atoms with E-state index in [9.17, 15) is 14.4 Å². The minimum absolute atomic E-state index is 0.436. The Hall–Kier alpha value is -3.16. The molecule has 2 unspecified atom stereocenters. The fourth-order valence-corrected chi connectivity index (χ4v) is 2.83. The third-order valence-electron chi connectivity index (χ3n) is 4.59. The molecular formula is C18H21N5O3. The second kappa shape index (κ2) is 6.99. The standard InChI is InChI=1S/C18H21N5O3/c1-13(22-11-10-19-12-22)15(24)21-23-16(25)18(2,20-17(23)26)9-8-14-6-4-3-5-7-14/h3-7,10-13H,8-9H2,1-2H3,(H,20,26)(H,21,24). The molecule has 4 amide bonds. The lowest BCUT2D eigenvalue weighted by Crippen LogP contribution is -2.50. The minimum Gasteiger partial charge on any atom is -0.325 e. The highest BCUT2D eigenvalue weighted by molar-refractivity contribution is 6.07. The lowest BCUT2D eigenvalue weighted by atomic mass is 9.93. The number of nitrogens with zero attached hydrogens (tertiary/aromatic N) is 3. The third-order valence-corrected chi connectivity index (χ3v) is 4.59. The first-order valence-electron chi connectivity index (χ1n) is 8.39. The number of imide groups is 1. The molecule has 0 radical (unpaired) electrons. The molecule has 0 bridgehead atoms. The number of hydrogen-bond donors (Lipinski definition) is 2. The summed E-state index contributed by atoms with van der Waals surface area (Å²) in [6.45, 7) is 3.33. The van der Waals surface area contributed by atoms with E-state index in [1.165, 1.54) is 6.33 Å². The van der Waals surface area contributed by atoms with Crippen molar-refractivity contribution < 1.29 is 14.4 Å². The number of hydrogen-bond acceptors (Lipinski definition) is 4. The lowest BCUT2D eigenvalue weighted by Gasteiger charge is -2.22. The topological polar surface area (TPSA) is 96.3 Å². The molecule has 0 spiro atoms. The third kappa shape index (κ3) is 3.44. The molecule has 2 aromatic rings. The Labute approximate surface area is 151 Å². The Kier molecular flexibility index (Phi) is 4.75. The van der Waals surface area contributed by atoms with Crippen molar-refractivity contribution in [2.45, 2.75) is 38.3 Å². The van der Waals surface area contributed by atoms with Gasteiger partial charge >= 0.3 is 6.03 Å². The van der Waals surface area contributed by atoms with Gasteiger partial charge in [0.25, 0.3) is 11.8 Å². The quantitative estimate of drug-likeness (QED) is 0.766. The summed E-state index contributed by atoms with van der Waals surface area (Å²) in [4.78, 5) is 41.2. The van der Waals surface area contributed by atoms with E-state index in [0.29, 0.717) is 12.8 Å². The van der Waals surface area contributed by atoms with Crippen LogP contribution in [0.25, 0.3) is 0 Å². The molecule has 26 heavy (non-hydrogen) atoms. The van der Waals surface area contributed by atoms with Crippen molar-refractivity contribution in [3.63, 3.8) is 0 Å². The van der Waals surface area contributed by atoms with Crippen LogP contribution < -0.4 is 10.7 Å². The first-order chi connectivity index (χ1) is 12.4. The van der Waals surface area contributed by atoms with Crippen molar-refractivity contribution in [3.8, 4) is 0 Å². The number of aromatic nitrogens is 2. The van der Waals surface area contributed by atoms with Gasteiger partial charge in [-0.15, -0.1) is 0 Å². The predicted molar refractivity (Wildman–Crippen MR) is 93.6 cm³/mol. The molecular weight excluding hydrogens is 334 g/mol. The van der Waals surface area contributed by atoms with E-state index >= 15 is 0 Å². The summed E-state index contributed by atoms with van der Waals surface area (Å²) in [5, 5.41) is 3.45. The minimum atomic E-state index is -1.06. The Balaban J connectivity index is 1.65. The zero-order chi connectivity index (χ0) is 18.7. The van der Waals surface area contributed by atoms with Gasteiger partial charge in [-0.2, -0.15) is 5.01 Å². The summed E-state index contributed by atoms with van der Waals surface area (Å²) in [6.07, 6.45) is 5.76. The highest BCUT2D eigenvalue weighted by Crippen LogP contribution is 2.22. The van der Waals surface area contributed by atoms with Crippen LogP contribution in [0.15, 0.2) is 49.1 Å². The van der Waals surface area contributed by atoms with Crippen LogP contribution in [0.1, 0.15) is 31.9 Å². The SMILES string of the molecule is CC(C(=O)NN1C(=O)NC(C)(CCc2ccccc2)C1=O)n1ccnc1. The summed E-state index contributed by atoms with van der Waals surface area (Å²) < 4.78 is 1.59. The molecule has 1 aliphatic heterocycles. The Bertz CT molecular complexity index is 805. The summed E-state index contributed by atoms with van der Waals surface area (Å²) in [5.41, 5.74) is 2.42. The molecule has 8 heteroatoms. The van der Waals surface area contributed by atoms with Crippen LogP contribution >= 0.6 is 0 Å². The van der Waals surface area contributed by atoms with E-state index < -0.39 is 29.4 Å². The summed E-state index contributed by atoms with van der Waals surface area (Å²) in [5.74, 6) is -0.941. The van der Waals surface area contributed by atoms with Gasteiger partial charge in [0, 0.05) is 12.4 Å². The molecule has 2 N–H and O–H groups in total. The maximum Gasteiger partial charge on any atom is 0.344 e. The molecule has 1 aromatic carbocycles. The smallest absolute Gasteiger partial charge is 0.325 e. The van der Waals surface area contributed by atoms with Gasteiger partial charge in [-0.1, -0.05) is 30.3 Å². The largest absolute Gasteiger partial charge is 0.344 e. The first-order valence-corrected chi connectivity index (χ1v) is 8.39. The number of rotatable bonds is 6. The maximum atomic E-state index is 12.7. The van der Waals surface area contributed by atoms with Gasteiger partial charge in [-0.05, 0) is 32.3 Å². The molecule has 136 valence electrons. The van der Waals surface area contributed by atoms with Gasteiger partial charge in [0.2, 0.25) is 0 Å². The van der Waals surface area contributed by atoms with E-state index in [2.05, 4.69) is 15.7 Å². The fourth-order valence-electron chi connectivity index (χ4n) is 2.83. The normalized spacial score (nSPS) is 20.8. The molecule has 1 aromatic heterocycles. The van der Waals surface area contributed by atoms with Crippen LogP contribution in [0.4, 0.5) is 4.79 Å². The molecule has 3 rings (SSSR count). The van der Waals surface area contributed by atoms with Crippen LogP contribution in [0.2, 0.25) is 0 Å². The van der Waals surface area contributed by atoms with Crippen LogP contribution in [0, 0.1) is 0 Å². The Morgan fingerprint density at radius 3 is 2.69 bits per heavy atom. The summed E-state index contributed by atoms with van der Waals surface area (Å²) in [6, 6.07) is 8.49. The van der Waals surface area contributed by atoms with E-state index in [1.54, 1.807) is 30.8 Å². The van der Waals surface area contributed by atoms with Crippen LogP contribution in [0.3, 0.4) is 0 Å². The van der Waals surface area contributed by atoms with Crippen LogP contribution in [-0.4, -0.2) is 37.9 Å². The van der Waals surface area contributed by atoms with Crippen molar-refractivity contribution in [1.82, 2.24) is 25.3 Å². The summed E-state index contributed by atoms with van der Waals surface area (Å²) in [7, 11) is 0. The van der Waals surface area contributed by atoms with Crippen molar-refractivity contribution >= 4 is 17.8 Å². The van der Waals surface area contributed by atoms with E-state index in [4.69, 9.17) is 0 Å². The lowest BCUT2D eigenvalue weighted by molar-refractivity contribution is -0.140. The average Bonchev–Trinajstić information content (AvgIpc) is 3.24. The van der Waals surface area contributed by atoms with Gasteiger partial charge in [0.05, 0.1) is 6.33 Å². The second-order valence-corrected chi connectivity index (χ2v) is 6.55. The van der Waals surface area contributed by atoms with Crippen molar-refractivity contribution in [2.75, 3.05) is 0 Å². The first kappa shape index (κ1) is 17.7. The van der Waals surface area contributed by atoms with Gasteiger partial charge in [-0.25, -0.2) is 9.78 Å². The zero-order valence-corrected chi connectivity index (χ0v) is 14.7. The maximum absolute atomic E-state index is 12.7. The molecule has 1 saturated heterocycles. The molecule has 0 saturated carbocycles. The van der Waals surface area contributed by atoms with Gasteiger partial charge < -0.3 is 9.88 Å². The van der Waals surface area contributed by atoms with Crippen LogP contribution in [-0.2, 0) is 16.0 Å². The van der Waals surface area contributed by atoms with E-state index in [1.807, 2.05) is 30.3 Å². The monoisotopic (exact) mass is 355 g/mol. The Morgan fingerprint density at radius 1 is 1.31 bits per heavy atom. The van der Waals surface area contributed by atoms with Crippen LogP contribution in [0.5, 0.6) is 0 Å². The average molecular weight is 355 g/mol. The number of amides is 4. The second-order valence-electron chi connectivity index (χ2n) is 6.55. The zero-order valence-electron chi connectivity index (χ0n) is 14.7. The number of carbonyl (C=O) groups excluding carboxylic acids is 3. The van der Waals surface area contributed by atoms with Crippen molar-refractivity contribution in [2.24, 2.45) is 0 Å². The number of hydrazine groups is 1. The Morgan fingerprint density at radius 2 is 2.04 bits per heavy atom. The highest BCUT2D eigenvalue weighted by Gasteiger charge is 2.48. The number of nitrogens with one attached hydrogen (secondary N) is 2. The molecule has 8 nitrogen and oxygen atoms in total. The highest BCUT2D eigenvalue weighted by atomic mass is 16.2. The number of urea groups is 1. The van der Waals surface area contributed by atoms with Gasteiger partial charge in [0.15, 0.2) is 0 Å². The predicted octanol–water partition coefficient (Wildman–Crippen LogP) is 1.42. The molecule has 0 aliphatic carbocycles. The number of imidazole rings is 1. The van der Waals surface area contributed by atoms with Crippen molar-refractivity contribution in [1.29, 1.82) is 0 Å². The van der Waals surface area contributed by atoms with Gasteiger partial charge in [-0.3, -0.25) is 15.0 Å². The molecule has 2 heterocycles. The van der Waals surface area contributed by atoms with Crippen molar-refractivity contribution in [3.05, 3.63) is 54.6 Å². The number of carbonyl (C=O) groups is 3. The van der Waals surface area contributed by atoms with Gasteiger partial charge in [0.1, 0.15) is 11.6 Å². The number of aryl methyl sites for hydroxylation is 1. The fraction of sp³-hybridized carbons (Fsp3) is 0.333. The van der Waals surface area contributed by atoms with E-state index in [-0.39, 0.29) is 0 Å². The van der Waals surface area contributed by atoms with E-state index in [0.717, 1.165) is 10.6 Å². The molecule has 2 atom stereocenters. The number of benzene rings is 1. The summed E-state index contributed by atoms with van der Waals surface area (Å²) >= 11 is 0.